The summed E-state index contributed by atoms with van der Waals surface area (Å²) in [5.74, 6) is 2.45. The summed E-state index contributed by atoms with van der Waals surface area (Å²) in [4.78, 5) is 0. The van der Waals surface area contributed by atoms with E-state index in [0.29, 0.717) is 23.5 Å². The van der Waals surface area contributed by atoms with E-state index in [9.17, 15) is 15.3 Å². The molecule has 8 aromatic carbocycles. The molecule has 328 valence electrons. The number of aryl methyl sites for hydroxylation is 2. The molecule has 3 nitrogen and oxygen atoms in total. The number of benzene rings is 8. The van der Waals surface area contributed by atoms with Gasteiger partial charge in [-0.3, -0.25) is 0 Å². The van der Waals surface area contributed by atoms with Crippen LogP contribution in [0.4, 0.5) is 0 Å². The van der Waals surface area contributed by atoms with Crippen LogP contribution in [-0.4, -0.2) is 15.3 Å². The Kier molecular flexibility index (Phi) is 15.9. The van der Waals surface area contributed by atoms with Crippen molar-refractivity contribution in [3.63, 3.8) is 0 Å². The van der Waals surface area contributed by atoms with E-state index in [4.69, 9.17) is 0 Å². The Bertz CT molecular complexity index is 2570. The van der Waals surface area contributed by atoms with E-state index in [2.05, 4.69) is 137 Å². The molecule has 3 heteroatoms. The van der Waals surface area contributed by atoms with E-state index in [1.54, 1.807) is 36.4 Å². The second-order valence-electron chi connectivity index (χ2n) is 16.4. The SMILES string of the molecule is CC.CC.CC(CC1c2cccc3cccc(c23)C1C)c1ccc(O)cc1.CCc1ccc(CC)cc1.Oc1ccc(C2(c3ccc(O)cc3)c3ccccc3-c3ccccc32)cc1. The molecule has 3 N–H and O–H groups in total. The van der Waals surface area contributed by atoms with Crippen LogP contribution in [0.5, 0.6) is 17.2 Å². The predicted molar refractivity (Wildman–Crippen MR) is 271 cm³/mol. The first kappa shape index (κ1) is 46.9. The van der Waals surface area contributed by atoms with Gasteiger partial charge in [0.25, 0.3) is 0 Å². The molecule has 0 bridgehead atoms. The van der Waals surface area contributed by atoms with Gasteiger partial charge in [-0.2, -0.15) is 0 Å². The van der Waals surface area contributed by atoms with E-state index in [0.717, 1.165) is 30.4 Å². The van der Waals surface area contributed by atoms with Crippen molar-refractivity contribution in [1.82, 2.24) is 0 Å². The second-order valence-corrected chi connectivity index (χ2v) is 16.4. The molecular weight excluding hydrogens is 781 g/mol. The van der Waals surface area contributed by atoms with Crippen LogP contribution in [0.25, 0.3) is 21.9 Å². The highest BCUT2D eigenvalue weighted by Gasteiger charge is 2.45. The van der Waals surface area contributed by atoms with Crippen LogP contribution < -0.4 is 0 Å². The van der Waals surface area contributed by atoms with Crippen LogP contribution in [-0.2, 0) is 18.3 Å². The van der Waals surface area contributed by atoms with Gasteiger partial charge in [0.15, 0.2) is 0 Å². The van der Waals surface area contributed by atoms with Crippen molar-refractivity contribution in [2.45, 2.75) is 97.8 Å². The molecule has 10 rings (SSSR count). The fraction of sp³-hybridized carbons (Fsp3) is 0.246. The molecule has 0 fully saturated rings. The molecule has 0 amide bonds. The Morgan fingerprint density at radius 2 is 0.875 bits per heavy atom. The summed E-state index contributed by atoms with van der Waals surface area (Å²) < 4.78 is 0. The van der Waals surface area contributed by atoms with Crippen molar-refractivity contribution in [1.29, 1.82) is 0 Å². The van der Waals surface area contributed by atoms with Gasteiger partial charge in [0.1, 0.15) is 17.2 Å². The average molecular weight is 847 g/mol. The van der Waals surface area contributed by atoms with Gasteiger partial charge in [0.2, 0.25) is 0 Å². The number of hydrogen-bond acceptors (Lipinski definition) is 3. The lowest BCUT2D eigenvalue weighted by molar-refractivity contribution is 0.473. The van der Waals surface area contributed by atoms with Crippen molar-refractivity contribution in [3.8, 4) is 28.4 Å². The molecule has 64 heavy (non-hydrogen) atoms. The van der Waals surface area contributed by atoms with Crippen molar-refractivity contribution >= 4 is 10.8 Å². The van der Waals surface area contributed by atoms with Crippen LogP contribution >= 0.6 is 0 Å². The Labute approximate surface area is 382 Å². The van der Waals surface area contributed by atoms with Gasteiger partial charge in [-0.25, -0.2) is 0 Å². The maximum Gasteiger partial charge on any atom is 0.115 e. The summed E-state index contributed by atoms with van der Waals surface area (Å²) in [6, 6.07) is 61.8. The zero-order valence-corrected chi connectivity index (χ0v) is 39.0. The summed E-state index contributed by atoms with van der Waals surface area (Å²) in [5.41, 5.74) is 13.7. The Morgan fingerprint density at radius 1 is 0.469 bits per heavy atom. The highest BCUT2D eigenvalue weighted by Crippen LogP contribution is 2.56. The number of hydrogen-bond donors (Lipinski definition) is 3. The lowest BCUT2D eigenvalue weighted by atomic mass is 9.68. The van der Waals surface area contributed by atoms with Crippen molar-refractivity contribution in [2.75, 3.05) is 0 Å². The van der Waals surface area contributed by atoms with Crippen molar-refractivity contribution in [2.24, 2.45) is 0 Å². The summed E-state index contributed by atoms with van der Waals surface area (Å²) in [5, 5.41) is 32.0. The summed E-state index contributed by atoms with van der Waals surface area (Å²) in [7, 11) is 0. The van der Waals surface area contributed by atoms with Gasteiger partial charge in [-0.05, 0) is 145 Å². The minimum Gasteiger partial charge on any atom is -0.508 e. The number of fused-ring (bicyclic) bond motifs is 3. The Morgan fingerprint density at radius 3 is 1.31 bits per heavy atom. The summed E-state index contributed by atoms with van der Waals surface area (Å²) in [6.45, 7) is 17.0. The molecule has 8 aromatic rings. The molecule has 2 aliphatic rings. The minimum absolute atomic E-state index is 0.249. The van der Waals surface area contributed by atoms with E-state index < -0.39 is 5.41 Å². The molecule has 3 atom stereocenters. The molecule has 0 heterocycles. The maximum absolute atomic E-state index is 9.85. The number of aromatic hydroxyl groups is 3. The largest absolute Gasteiger partial charge is 0.508 e. The maximum atomic E-state index is 9.85. The van der Waals surface area contributed by atoms with Crippen LogP contribution in [0.2, 0.25) is 0 Å². The van der Waals surface area contributed by atoms with Crippen LogP contribution in [0.1, 0.15) is 130 Å². The number of phenols is 3. The molecular formula is C61H66O3. The van der Waals surface area contributed by atoms with Crippen molar-refractivity contribution in [3.05, 3.63) is 232 Å². The molecule has 0 saturated carbocycles. The summed E-state index contributed by atoms with van der Waals surface area (Å²) >= 11 is 0. The van der Waals surface area contributed by atoms with Crippen LogP contribution in [0.15, 0.2) is 182 Å². The van der Waals surface area contributed by atoms with Gasteiger partial charge < -0.3 is 15.3 Å². The topological polar surface area (TPSA) is 60.7 Å². The molecule has 0 radical (unpaired) electrons. The third-order valence-electron chi connectivity index (χ3n) is 12.9. The zero-order valence-electron chi connectivity index (χ0n) is 39.0. The number of phenolic OH excluding ortho intramolecular Hbond substituents is 3. The van der Waals surface area contributed by atoms with Gasteiger partial charge >= 0.3 is 0 Å². The third kappa shape index (κ3) is 9.50. The van der Waals surface area contributed by atoms with E-state index in [1.807, 2.05) is 64.1 Å². The smallest absolute Gasteiger partial charge is 0.115 e. The fourth-order valence-electron chi connectivity index (χ4n) is 9.68. The van der Waals surface area contributed by atoms with Gasteiger partial charge in [0, 0.05) is 0 Å². The number of rotatable bonds is 7. The standard InChI is InChI=1S/C25H18O2.C22H22O.C10H14.2C2H6/c26-19-13-9-17(10-14-19)25(18-11-15-20(27)16-12-18)23-7-3-1-5-21(23)22-6-2-4-8-24(22)25;1-14(16-9-11-18(23)12-10-16)13-21-15(2)19-7-3-5-17-6-4-8-20(21)22(17)19;1-3-9-5-7-10(4-2)8-6-9;2*1-2/h1-16,26-27H;3-12,14-15,21,23H,13H2,1-2H3;5-8H,3-4H2,1-2H3;2*1-2H3. The van der Waals surface area contributed by atoms with Gasteiger partial charge in [-0.1, -0.05) is 201 Å². The van der Waals surface area contributed by atoms with Gasteiger partial charge in [-0.15, -0.1) is 0 Å². The molecule has 0 saturated heterocycles. The Balaban J connectivity index is 0.000000167. The first-order valence-corrected chi connectivity index (χ1v) is 23.4. The molecule has 2 aliphatic carbocycles. The quantitative estimate of drug-likeness (QED) is 0.150. The predicted octanol–water partition coefficient (Wildman–Crippen LogP) is 16.3. The van der Waals surface area contributed by atoms with E-state index in [-0.39, 0.29) is 11.5 Å². The first-order chi connectivity index (χ1) is 31.2. The average Bonchev–Trinajstić information content (AvgIpc) is 3.80. The van der Waals surface area contributed by atoms with E-state index >= 15 is 0 Å². The van der Waals surface area contributed by atoms with E-state index in [1.165, 1.54) is 60.8 Å². The molecule has 0 spiro atoms. The monoisotopic (exact) mass is 847 g/mol. The highest BCUT2D eigenvalue weighted by atomic mass is 16.3. The minimum atomic E-state index is -0.491. The Hall–Kier alpha value is -6.58. The molecule has 0 aromatic heterocycles. The second kappa shape index (κ2) is 21.7. The van der Waals surface area contributed by atoms with Crippen LogP contribution in [0, 0.1) is 0 Å². The van der Waals surface area contributed by atoms with Crippen LogP contribution in [0.3, 0.4) is 0 Å². The molecule has 0 aliphatic heterocycles. The lowest BCUT2D eigenvalue weighted by Crippen LogP contribution is -2.28. The lowest BCUT2D eigenvalue weighted by Gasteiger charge is -2.33. The third-order valence-corrected chi connectivity index (χ3v) is 12.9. The first-order valence-electron chi connectivity index (χ1n) is 23.4. The van der Waals surface area contributed by atoms with Crippen molar-refractivity contribution < 1.29 is 15.3 Å². The molecule has 3 unspecified atom stereocenters. The van der Waals surface area contributed by atoms with Gasteiger partial charge in [0.05, 0.1) is 5.41 Å². The summed E-state index contributed by atoms with van der Waals surface area (Å²) in [6.07, 6.45) is 3.42. The normalized spacial score (nSPS) is 15.0. The highest BCUT2D eigenvalue weighted by molar-refractivity contribution is 5.92. The zero-order chi connectivity index (χ0) is 45.8. The fourth-order valence-corrected chi connectivity index (χ4v) is 9.68.